The number of carbonyl (C=O) groups is 1. The van der Waals surface area contributed by atoms with Crippen molar-refractivity contribution in [2.24, 2.45) is 0 Å². The van der Waals surface area contributed by atoms with Crippen LogP contribution in [0.3, 0.4) is 0 Å². The predicted octanol–water partition coefficient (Wildman–Crippen LogP) is 4.45. The van der Waals surface area contributed by atoms with Gasteiger partial charge in [-0.2, -0.15) is 0 Å². The molecule has 0 unspecified atom stereocenters. The molecule has 0 atom stereocenters. The molecule has 0 saturated heterocycles. The first-order valence-corrected chi connectivity index (χ1v) is 7.36. The number of nitrogens with zero attached hydrogens (tertiary/aromatic N) is 1. The summed E-state index contributed by atoms with van der Waals surface area (Å²) in [6.45, 7) is 0. The summed E-state index contributed by atoms with van der Waals surface area (Å²) >= 11 is 4.56. The summed E-state index contributed by atoms with van der Waals surface area (Å²) in [4.78, 5) is 16.3. The maximum atomic E-state index is 13.1. The van der Waals surface area contributed by atoms with Gasteiger partial charge in [0.2, 0.25) is 0 Å². The highest BCUT2D eigenvalue weighted by Crippen LogP contribution is 2.26. The highest BCUT2D eigenvalue weighted by atomic mass is 79.9. The Morgan fingerprint density at radius 1 is 1.20 bits per heavy atom. The lowest BCUT2D eigenvalue weighted by Crippen LogP contribution is -2.11. The van der Waals surface area contributed by atoms with E-state index in [1.165, 1.54) is 23.5 Å². The van der Waals surface area contributed by atoms with Crippen LogP contribution in [0, 0.1) is 5.82 Å². The standard InChI is InChI=1S/C14H8BrFN2OS/c15-9-3-1-8(2-4-9)13(19)18-14-17-11-6-5-10(16)7-12(11)20-14/h1-7H,(H,17,18,19). The van der Waals surface area contributed by atoms with Crippen molar-refractivity contribution in [3.05, 3.63) is 58.3 Å². The van der Waals surface area contributed by atoms with Gasteiger partial charge >= 0.3 is 0 Å². The number of rotatable bonds is 2. The zero-order valence-electron chi connectivity index (χ0n) is 10.1. The molecule has 6 heteroatoms. The van der Waals surface area contributed by atoms with E-state index in [0.29, 0.717) is 20.9 Å². The number of thiazole rings is 1. The molecule has 0 aliphatic heterocycles. The van der Waals surface area contributed by atoms with Crippen LogP contribution in [0.4, 0.5) is 9.52 Å². The Labute approximate surface area is 126 Å². The summed E-state index contributed by atoms with van der Waals surface area (Å²) in [6, 6.07) is 11.4. The smallest absolute Gasteiger partial charge is 0.257 e. The molecular formula is C14H8BrFN2OS. The summed E-state index contributed by atoms with van der Waals surface area (Å²) in [7, 11) is 0. The van der Waals surface area contributed by atoms with Gasteiger partial charge in [0.25, 0.3) is 5.91 Å². The lowest BCUT2D eigenvalue weighted by atomic mass is 10.2. The largest absolute Gasteiger partial charge is 0.298 e. The summed E-state index contributed by atoms with van der Waals surface area (Å²) in [5, 5.41) is 3.17. The molecule has 3 aromatic rings. The molecule has 0 fully saturated rings. The summed E-state index contributed by atoms with van der Waals surface area (Å²) in [5.41, 5.74) is 1.21. The summed E-state index contributed by atoms with van der Waals surface area (Å²) in [5.74, 6) is -0.552. The van der Waals surface area contributed by atoms with Crippen LogP contribution in [0.25, 0.3) is 10.2 Å². The number of amides is 1. The van der Waals surface area contributed by atoms with Crippen molar-refractivity contribution in [2.45, 2.75) is 0 Å². The Morgan fingerprint density at radius 2 is 1.95 bits per heavy atom. The molecule has 0 radical (unpaired) electrons. The second-order valence-electron chi connectivity index (χ2n) is 4.09. The number of anilines is 1. The van der Waals surface area contributed by atoms with E-state index in [2.05, 4.69) is 26.2 Å². The number of benzene rings is 2. The quantitative estimate of drug-likeness (QED) is 0.741. The molecule has 0 aliphatic rings. The Bertz CT molecular complexity index is 785. The van der Waals surface area contributed by atoms with Crippen LogP contribution in [0.15, 0.2) is 46.9 Å². The number of aromatic nitrogens is 1. The molecule has 1 amide bonds. The third-order valence-electron chi connectivity index (χ3n) is 2.68. The molecule has 0 aliphatic carbocycles. The molecule has 100 valence electrons. The molecule has 0 saturated carbocycles. The van der Waals surface area contributed by atoms with Gasteiger partial charge in [0.05, 0.1) is 10.2 Å². The molecule has 1 N–H and O–H groups in total. The van der Waals surface area contributed by atoms with Gasteiger partial charge in [-0.15, -0.1) is 0 Å². The molecule has 3 nitrogen and oxygen atoms in total. The molecular weight excluding hydrogens is 343 g/mol. The highest BCUT2D eigenvalue weighted by molar-refractivity contribution is 9.10. The topological polar surface area (TPSA) is 42.0 Å². The molecule has 20 heavy (non-hydrogen) atoms. The third-order valence-corrected chi connectivity index (χ3v) is 4.14. The van der Waals surface area contributed by atoms with E-state index >= 15 is 0 Å². The van der Waals surface area contributed by atoms with Crippen LogP contribution in [0.1, 0.15) is 10.4 Å². The number of hydrogen-bond acceptors (Lipinski definition) is 3. The second kappa shape index (κ2) is 5.30. The normalized spacial score (nSPS) is 10.7. The molecule has 0 bridgehead atoms. The minimum Gasteiger partial charge on any atom is -0.298 e. The first-order chi connectivity index (χ1) is 9.61. The van der Waals surface area contributed by atoms with E-state index in [-0.39, 0.29) is 11.7 Å². The number of nitrogens with one attached hydrogen (secondary N) is 1. The summed E-state index contributed by atoms with van der Waals surface area (Å²) in [6.07, 6.45) is 0. The van der Waals surface area contributed by atoms with Gasteiger partial charge in [0.15, 0.2) is 5.13 Å². The van der Waals surface area contributed by atoms with Crippen molar-refractivity contribution in [1.29, 1.82) is 0 Å². The maximum absolute atomic E-state index is 13.1. The number of hydrogen-bond donors (Lipinski definition) is 1. The van der Waals surface area contributed by atoms with Crippen LogP contribution >= 0.6 is 27.3 Å². The third kappa shape index (κ3) is 2.71. The van der Waals surface area contributed by atoms with Gasteiger partial charge in [-0.05, 0) is 42.5 Å². The van der Waals surface area contributed by atoms with Gasteiger partial charge in [0, 0.05) is 10.0 Å². The Balaban J connectivity index is 1.85. The average molecular weight is 351 g/mol. The fourth-order valence-corrected chi connectivity index (χ4v) is 2.87. The van der Waals surface area contributed by atoms with Crippen molar-refractivity contribution in [1.82, 2.24) is 4.98 Å². The van der Waals surface area contributed by atoms with E-state index < -0.39 is 0 Å². The predicted molar refractivity (Wildman–Crippen MR) is 81.7 cm³/mol. The van der Waals surface area contributed by atoms with Gasteiger partial charge in [-0.1, -0.05) is 27.3 Å². The van der Waals surface area contributed by atoms with Gasteiger partial charge < -0.3 is 0 Å². The van der Waals surface area contributed by atoms with Gasteiger partial charge in [0.1, 0.15) is 5.82 Å². The highest BCUT2D eigenvalue weighted by Gasteiger charge is 2.10. The van der Waals surface area contributed by atoms with Gasteiger partial charge in [-0.3, -0.25) is 10.1 Å². The Kier molecular flexibility index (Phi) is 3.50. The zero-order chi connectivity index (χ0) is 14.1. The van der Waals surface area contributed by atoms with Crippen LogP contribution in [0.2, 0.25) is 0 Å². The summed E-state index contributed by atoms with van der Waals surface area (Å²) < 4.78 is 14.7. The van der Waals surface area contributed by atoms with Crippen LogP contribution in [-0.4, -0.2) is 10.9 Å². The number of carbonyl (C=O) groups excluding carboxylic acids is 1. The van der Waals surface area contributed by atoms with Crippen molar-refractivity contribution in [3.8, 4) is 0 Å². The van der Waals surface area contributed by atoms with E-state index in [1.54, 1.807) is 30.3 Å². The van der Waals surface area contributed by atoms with E-state index in [4.69, 9.17) is 0 Å². The number of halogens is 2. The van der Waals surface area contributed by atoms with Crippen molar-refractivity contribution >= 4 is 48.5 Å². The monoisotopic (exact) mass is 350 g/mol. The lowest BCUT2D eigenvalue weighted by Gasteiger charge is -2.01. The van der Waals surface area contributed by atoms with E-state index in [1.807, 2.05) is 0 Å². The maximum Gasteiger partial charge on any atom is 0.257 e. The zero-order valence-corrected chi connectivity index (χ0v) is 12.5. The first kappa shape index (κ1) is 13.2. The average Bonchev–Trinajstić information content (AvgIpc) is 2.80. The van der Waals surface area contributed by atoms with Crippen LogP contribution in [0.5, 0.6) is 0 Å². The Morgan fingerprint density at radius 3 is 2.70 bits per heavy atom. The molecule has 0 spiro atoms. The fraction of sp³-hybridized carbons (Fsp3) is 0. The molecule has 1 aromatic heterocycles. The SMILES string of the molecule is O=C(Nc1nc2ccc(F)cc2s1)c1ccc(Br)cc1. The van der Waals surface area contributed by atoms with E-state index in [9.17, 15) is 9.18 Å². The second-order valence-corrected chi connectivity index (χ2v) is 6.04. The number of fused-ring (bicyclic) bond motifs is 1. The van der Waals surface area contributed by atoms with Crippen LogP contribution in [-0.2, 0) is 0 Å². The minimum absolute atomic E-state index is 0.239. The minimum atomic E-state index is -0.313. The molecule has 2 aromatic carbocycles. The molecule has 1 heterocycles. The first-order valence-electron chi connectivity index (χ1n) is 5.75. The van der Waals surface area contributed by atoms with Crippen molar-refractivity contribution < 1.29 is 9.18 Å². The Hall–Kier alpha value is -1.79. The van der Waals surface area contributed by atoms with Crippen molar-refractivity contribution in [3.63, 3.8) is 0 Å². The lowest BCUT2D eigenvalue weighted by molar-refractivity contribution is 0.102. The van der Waals surface area contributed by atoms with Crippen LogP contribution < -0.4 is 5.32 Å². The van der Waals surface area contributed by atoms with E-state index in [0.717, 1.165) is 4.47 Å². The fourth-order valence-electron chi connectivity index (χ4n) is 1.72. The van der Waals surface area contributed by atoms with Crippen molar-refractivity contribution in [2.75, 3.05) is 5.32 Å². The van der Waals surface area contributed by atoms with Gasteiger partial charge in [-0.25, -0.2) is 9.37 Å². The molecule has 3 rings (SSSR count).